The summed E-state index contributed by atoms with van der Waals surface area (Å²) in [6, 6.07) is 12.2. The molecule has 0 spiro atoms. The zero-order valence-electron chi connectivity index (χ0n) is 18.0. The van der Waals surface area contributed by atoms with Gasteiger partial charge >= 0.3 is 6.03 Å². The molecule has 0 bridgehead atoms. The summed E-state index contributed by atoms with van der Waals surface area (Å²) in [7, 11) is 0. The monoisotopic (exact) mass is 548 g/mol. The minimum absolute atomic E-state index is 0.289. The first-order valence-electron chi connectivity index (χ1n) is 10.6. The number of nitrogens with zero attached hydrogens (tertiary/aromatic N) is 4. The molecule has 0 N–H and O–H groups in total. The molecule has 0 radical (unpaired) electrons. The number of amides is 3. The summed E-state index contributed by atoms with van der Waals surface area (Å²) in [4.78, 5) is 34.2. The van der Waals surface area contributed by atoms with Crippen LogP contribution in [-0.4, -0.2) is 38.5 Å². The molecule has 6 nitrogen and oxygen atoms in total. The second kappa shape index (κ2) is 9.87. The maximum Gasteiger partial charge on any atom is 0.332 e. The van der Waals surface area contributed by atoms with E-state index in [1.54, 1.807) is 35.6 Å². The largest absolute Gasteiger partial charge is 0.337 e. The number of aryl methyl sites for hydroxylation is 1. The third-order valence-corrected chi connectivity index (χ3v) is 6.82. The van der Waals surface area contributed by atoms with E-state index in [0.717, 1.165) is 29.4 Å². The van der Waals surface area contributed by atoms with E-state index in [4.69, 9.17) is 23.2 Å². The summed E-state index contributed by atoms with van der Waals surface area (Å²) in [5, 5.41) is 0.734. The molecule has 1 fully saturated rings. The number of imide groups is 1. The summed E-state index contributed by atoms with van der Waals surface area (Å²) < 4.78 is 2.95. The molecule has 9 heteroatoms. The van der Waals surface area contributed by atoms with Gasteiger partial charge < -0.3 is 9.47 Å². The Hall–Kier alpha value is -2.35. The maximum absolute atomic E-state index is 13.7. The first-order valence-corrected chi connectivity index (χ1v) is 12.2. The van der Waals surface area contributed by atoms with E-state index < -0.39 is 5.54 Å². The lowest BCUT2D eigenvalue weighted by Crippen LogP contribution is -2.49. The Labute approximate surface area is 211 Å². The van der Waals surface area contributed by atoms with Crippen molar-refractivity contribution in [3.8, 4) is 0 Å². The van der Waals surface area contributed by atoms with Crippen molar-refractivity contribution in [2.45, 2.75) is 38.3 Å². The van der Waals surface area contributed by atoms with Gasteiger partial charge in [-0.25, -0.2) is 14.7 Å². The number of carbonyl (C=O) groups excluding carboxylic acids is 2. The number of aromatic nitrogens is 2. The number of carbonyl (C=O) groups is 2. The average molecular weight is 550 g/mol. The number of hydrogen-bond donors (Lipinski definition) is 0. The van der Waals surface area contributed by atoms with Crippen molar-refractivity contribution in [1.29, 1.82) is 0 Å². The van der Waals surface area contributed by atoms with Crippen molar-refractivity contribution in [2.24, 2.45) is 0 Å². The van der Waals surface area contributed by atoms with Gasteiger partial charge in [0.2, 0.25) is 0 Å². The number of unbranched alkanes of at least 4 members (excludes halogenated alkanes) is 1. The van der Waals surface area contributed by atoms with Crippen LogP contribution in [0.4, 0.5) is 10.5 Å². The Bertz CT molecular complexity index is 1130. The third-order valence-electron chi connectivity index (χ3n) is 5.86. The second-order valence-electron chi connectivity index (χ2n) is 8.29. The third kappa shape index (κ3) is 5.10. The van der Waals surface area contributed by atoms with Crippen molar-refractivity contribution in [3.63, 3.8) is 0 Å². The Morgan fingerprint density at radius 3 is 2.30 bits per heavy atom. The number of imidazole rings is 1. The average Bonchev–Trinajstić information content (AvgIpc) is 3.33. The number of anilines is 1. The van der Waals surface area contributed by atoms with Crippen LogP contribution in [-0.2, 0) is 17.8 Å². The number of benzene rings is 2. The molecular formula is C24H23BrCl2N4O2. The van der Waals surface area contributed by atoms with Gasteiger partial charge in [0, 0.05) is 46.4 Å². The fourth-order valence-electron chi connectivity index (χ4n) is 4.17. The molecule has 0 aliphatic carbocycles. The van der Waals surface area contributed by atoms with Gasteiger partial charge in [-0.05, 0) is 55.7 Å². The molecule has 4 rings (SSSR count). The van der Waals surface area contributed by atoms with E-state index in [0.29, 0.717) is 28.7 Å². The van der Waals surface area contributed by atoms with Crippen molar-refractivity contribution in [3.05, 3.63) is 81.3 Å². The molecule has 2 heterocycles. The van der Waals surface area contributed by atoms with E-state index in [-0.39, 0.29) is 11.9 Å². The van der Waals surface area contributed by atoms with Crippen LogP contribution in [0, 0.1) is 0 Å². The predicted octanol–water partition coefficient (Wildman–Crippen LogP) is 6.20. The lowest BCUT2D eigenvalue weighted by molar-refractivity contribution is -0.124. The van der Waals surface area contributed by atoms with Crippen LogP contribution in [0.2, 0.25) is 10.0 Å². The molecule has 1 saturated heterocycles. The molecule has 1 aromatic heterocycles. The molecule has 1 aliphatic rings. The van der Waals surface area contributed by atoms with Crippen LogP contribution < -0.4 is 4.90 Å². The van der Waals surface area contributed by atoms with Gasteiger partial charge in [0.25, 0.3) is 5.91 Å². The van der Waals surface area contributed by atoms with Gasteiger partial charge in [0.1, 0.15) is 5.54 Å². The van der Waals surface area contributed by atoms with E-state index in [9.17, 15) is 9.59 Å². The molecule has 3 amide bonds. The summed E-state index contributed by atoms with van der Waals surface area (Å²) >= 11 is 15.8. The smallest absolute Gasteiger partial charge is 0.332 e. The quantitative estimate of drug-likeness (QED) is 0.248. The normalized spacial score (nSPS) is 18.4. The molecule has 0 saturated carbocycles. The molecule has 1 atom stereocenters. The minimum atomic E-state index is -1.03. The van der Waals surface area contributed by atoms with Crippen molar-refractivity contribution >= 4 is 56.8 Å². The van der Waals surface area contributed by atoms with Crippen LogP contribution in [0.1, 0.15) is 25.3 Å². The van der Waals surface area contributed by atoms with Crippen molar-refractivity contribution < 1.29 is 9.59 Å². The molecule has 2 aromatic carbocycles. The standard InChI is InChI=1S/C24H23BrCl2N4O2/c1-24(15-17-4-6-18(25)7-5-17)22(32)31(21-13-19(26)12-20(27)14-21)23(33)30(24)10-3-2-9-29-11-8-28-16-29/h4-8,11-14,16H,2-3,9-10,15H2,1H3. The van der Waals surface area contributed by atoms with Crippen LogP contribution in [0.5, 0.6) is 0 Å². The predicted molar refractivity (Wildman–Crippen MR) is 134 cm³/mol. The van der Waals surface area contributed by atoms with Crippen LogP contribution >= 0.6 is 39.1 Å². The molecule has 1 aliphatic heterocycles. The van der Waals surface area contributed by atoms with Crippen LogP contribution in [0.25, 0.3) is 0 Å². The van der Waals surface area contributed by atoms with Crippen molar-refractivity contribution in [1.82, 2.24) is 14.5 Å². The highest BCUT2D eigenvalue weighted by atomic mass is 79.9. The molecule has 1 unspecified atom stereocenters. The van der Waals surface area contributed by atoms with Gasteiger partial charge in [-0.3, -0.25) is 4.79 Å². The minimum Gasteiger partial charge on any atom is -0.337 e. The highest BCUT2D eigenvalue weighted by Crippen LogP contribution is 2.37. The van der Waals surface area contributed by atoms with Gasteiger partial charge in [-0.15, -0.1) is 0 Å². The van der Waals surface area contributed by atoms with E-state index in [2.05, 4.69) is 20.9 Å². The Kier molecular flexibility index (Phi) is 7.12. The number of halogens is 3. The Balaban J connectivity index is 1.61. The number of rotatable bonds is 8. The summed E-state index contributed by atoms with van der Waals surface area (Å²) in [5.74, 6) is -0.289. The lowest BCUT2D eigenvalue weighted by Gasteiger charge is -2.32. The Morgan fingerprint density at radius 2 is 1.67 bits per heavy atom. The second-order valence-corrected chi connectivity index (χ2v) is 10.1. The van der Waals surface area contributed by atoms with Gasteiger partial charge in [-0.1, -0.05) is 51.3 Å². The lowest BCUT2D eigenvalue weighted by atomic mass is 9.91. The summed E-state index contributed by atoms with van der Waals surface area (Å²) in [6.07, 6.45) is 7.42. The van der Waals surface area contributed by atoms with E-state index in [1.807, 2.05) is 42.0 Å². The SMILES string of the molecule is CC1(Cc2ccc(Br)cc2)C(=O)N(c2cc(Cl)cc(Cl)c2)C(=O)N1CCCCn1ccnc1. The highest BCUT2D eigenvalue weighted by molar-refractivity contribution is 9.10. The number of hydrogen-bond acceptors (Lipinski definition) is 3. The number of urea groups is 1. The Morgan fingerprint density at radius 1 is 1.00 bits per heavy atom. The fraction of sp³-hybridized carbons (Fsp3) is 0.292. The van der Waals surface area contributed by atoms with Crippen molar-refractivity contribution in [2.75, 3.05) is 11.4 Å². The maximum atomic E-state index is 13.7. The van der Waals surface area contributed by atoms with Crippen LogP contribution in [0.3, 0.4) is 0 Å². The zero-order valence-corrected chi connectivity index (χ0v) is 21.1. The van der Waals surface area contributed by atoms with E-state index >= 15 is 0 Å². The van der Waals surface area contributed by atoms with Gasteiger partial charge in [0.05, 0.1) is 12.0 Å². The first kappa shape index (κ1) is 23.8. The highest BCUT2D eigenvalue weighted by Gasteiger charge is 2.54. The summed E-state index contributed by atoms with van der Waals surface area (Å²) in [5.41, 5.74) is 0.316. The van der Waals surface area contributed by atoms with Gasteiger partial charge in [-0.2, -0.15) is 0 Å². The van der Waals surface area contributed by atoms with Gasteiger partial charge in [0.15, 0.2) is 0 Å². The zero-order chi connectivity index (χ0) is 23.6. The summed E-state index contributed by atoms with van der Waals surface area (Å²) in [6.45, 7) is 3.08. The first-order chi connectivity index (χ1) is 15.8. The molecular weight excluding hydrogens is 527 g/mol. The van der Waals surface area contributed by atoms with E-state index in [1.165, 1.54) is 4.90 Å². The molecule has 172 valence electrons. The topological polar surface area (TPSA) is 58.4 Å². The fourth-order valence-corrected chi connectivity index (χ4v) is 4.95. The molecule has 3 aromatic rings. The van der Waals surface area contributed by atoms with Crippen LogP contribution in [0.15, 0.2) is 65.7 Å². The molecule has 33 heavy (non-hydrogen) atoms.